The van der Waals surface area contributed by atoms with E-state index < -0.39 is 0 Å². The molecule has 0 bridgehead atoms. The van der Waals surface area contributed by atoms with Crippen LogP contribution in [0.3, 0.4) is 0 Å². The van der Waals surface area contributed by atoms with E-state index in [1.807, 2.05) is 32.9 Å². The summed E-state index contributed by atoms with van der Waals surface area (Å²) in [6.45, 7) is 5.92. The van der Waals surface area contributed by atoms with E-state index in [9.17, 15) is 0 Å². The van der Waals surface area contributed by atoms with E-state index in [4.69, 9.17) is 11.1 Å². The molecule has 6 nitrogen and oxygen atoms in total. The average molecular weight is 282 g/mol. The number of nitrogen functional groups attached to an aromatic ring is 1. The maximum atomic E-state index is 8.95. The molecule has 4 N–H and O–H groups in total. The minimum absolute atomic E-state index is 0.184. The Kier molecular flexibility index (Phi) is 4.36. The van der Waals surface area contributed by atoms with Crippen LogP contribution in [0.1, 0.15) is 36.7 Å². The van der Waals surface area contributed by atoms with Crippen molar-refractivity contribution in [3.8, 4) is 6.07 Å². The molecule has 1 aromatic carbocycles. The van der Waals surface area contributed by atoms with Gasteiger partial charge in [-0.1, -0.05) is 19.9 Å². The zero-order valence-corrected chi connectivity index (χ0v) is 12.3. The Morgan fingerprint density at radius 3 is 2.57 bits per heavy atom. The number of rotatable bonds is 4. The Hall–Kier alpha value is -2.65. The molecule has 0 fully saturated rings. The third-order valence-electron chi connectivity index (χ3n) is 3.07. The third kappa shape index (κ3) is 3.27. The normalized spacial score (nSPS) is 10.3. The minimum atomic E-state index is 0.184. The van der Waals surface area contributed by atoms with Crippen molar-refractivity contribution in [1.82, 2.24) is 9.97 Å². The molecule has 2 rings (SSSR count). The lowest BCUT2D eigenvalue weighted by Gasteiger charge is -2.15. The standard InChI is InChI=1S/C15H18N6/c1-9(2)13-19-14(10(3)15(20-13)21-17)18-12-6-4-5-11(7-12)8-16/h4-7,9H,17H2,1-3H3,(H2,18,19,20,21). The number of nitriles is 1. The van der Waals surface area contributed by atoms with Crippen LogP contribution in [0.2, 0.25) is 0 Å². The first-order chi connectivity index (χ1) is 10.0. The lowest BCUT2D eigenvalue weighted by Crippen LogP contribution is -2.14. The van der Waals surface area contributed by atoms with Crippen molar-refractivity contribution in [2.45, 2.75) is 26.7 Å². The average Bonchev–Trinajstić information content (AvgIpc) is 2.49. The van der Waals surface area contributed by atoms with Gasteiger partial charge in [-0.25, -0.2) is 15.8 Å². The van der Waals surface area contributed by atoms with Crippen molar-refractivity contribution < 1.29 is 0 Å². The number of hydrogen-bond acceptors (Lipinski definition) is 6. The first-order valence-corrected chi connectivity index (χ1v) is 6.67. The van der Waals surface area contributed by atoms with Gasteiger partial charge in [0.25, 0.3) is 0 Å². The van der Waals surface area contributed by atoms with Crippen LogP contribution < -0.4 is 16.6 Å². The summed E-state index contributed by atoms with van der Waals surface area (Å²) < 4.78 is 0. The zero-order chi connectivity index (χ0) is 15.4. The van der Waals surface area contributed by atoms with Crippen LogP contribution >= 0.6 is 0 Å². The Morgan fingerprint density at radius 2 is 1.95 bits per heavy atom. The molecule has 2 aromatic rings. The van der Waals surface area contributed by atoms with Crippen LogP contribution in [-0.4, -0.2) is 9.97 Å². The Labute approximate surface area is 124 Å². The lowest BCUT2D eigenvalue weighted by molar-refractivity contribution is 0.774. The largest absolute Gasteiger partial charge is 0.340 e. The van der Waals surface area contributed by atoms with Crippen LogP contribution in [0.4, 0.5) is 17.3 Å². The van der Waals surface area contributed by atoms with Gasteiger partial charge in [0.05, 0.1) is 11.6 Å². The smallest absolute Gasteiger partial charge is 0.148 e. The Balaban J connectivity index is 2.43. The highest BCUT2D eigenvalue weighted by Gasteiger charge is 2.12. The molecule has 0 aliphatic carbocycles. The van der Waals surface area contributed by atoms with Gasteiger partial charge in [-0.15, -0.1) is 0 Å². The molecule has 0 amide bonds. The predicted molar refractivity (Wildman–Crippen MR) is 83.1 cm³/mol. The number of benzene rings is 1. The second kappa shape index (κ2) is 6.20. The van der Waals surface area contributed by atoms with E-state index in [0.29, 0.717) is 23.0 Å². The summed E-state index contributed by atoms with van der Waals surface area (Å²) in [6, 6.07) is 9.34. The van der Waals surface area contributed by atoms with E-state index in [1.165, 1.54) is 0 Å². The number of nitrogens with two attached hydrogens (primary N) is 1. The maximum Gasteiger partial charge on any atom is 0.148 e. The molecular formula is C15H18N6. The van der Waals surface area contributed by atoms with Crippen LogP contribution in [0.25, 0.3) is 0 Å². The molecule has 0 aliphatic heterocycles. The minimum Gasteiger partial charge on any atom is -0.340 e. The van der Waals surface area contributed by atoms with Crippen LogP contribution in [0.15, 0.2) is 24.3 Å². The lowest BCUT2D eigenvalue weighted by atomic mass is 10.2. The van der Waals surface area contributed by atoms with Gasteiger partial charge in [0, 0.05) is 17.2 Å². The SMILES string of the molecule is Cc1c(NN)nc(C(C)C)nc1Nc1cccc(C#N)c1. The van der Waals surface area contributed by atoms with Gasteiger partial charge in [0.15, 0.2) is 0 Å². The highest BCUT2D eigenvalue weighted by Crippen LogP contribution is 2.25. The van der Waals surface area contributed by atoms with Crippen molar-refractivity contribution >= 4 is 17.3 Å². The number of aromatic nitrogens is 2. The molecule has 0 atom stereocenters. The van der Waals surface area contributed by atoms with Crippen molar-refractivity contribution in [1.29, 1.82) is 5.26 Å². The monoisotopic (exact) mass is 282 g/mol. The molecule has 21 heavy (non-hydrogen) atoms. The van der Waals surface area contributed by atoms with Gasteiger partial charge in [-0.05, 0) is 25.1 Å². The molecule has 6 heteroatoms. The fraction of sp³-hybridized carbons (Fsp3) is 0.267. The van der Waals surface area contributed by atoms with Crippen LogP contribution in [-0.2, 0) is 0 Å². The molecule has 0 saturated carbocycles. The van der Waals surface area contributed by atoms with E-state index in [-0.39, 0.29) is 5.92 Å². The summed E-state index contributed by atoms with van der Waals surface area (Å²) in [5, 5.41) is 12.2. The second-order valence-electron chi connectivity index (χ2n) is 5.02. The molecule has 1 heterocycles. The second-order valence-corrected chi connectivity index (χ2v) is 5.02. The van der Waals surface area contributed by atoms with Gasteiger partial charge < -0.3 is 10.7 Å². The topological polar surface area (TPSA) is 99.7 Å². The van der Waals surface area contributed by atoms with Crippen molar-refractivity contribution in [2.75, 3.05) is 10.7 Å². The summed E-state index contributed by atoms with van der Waals surface area (Å²) >= 11 is 0. The third-order valence-corrected chi connectivity index (χ3v) is 3.07. The number of hydrogen-bond donors (Lipinski definition) is 3. The quantitative estimate of drug-likeness (QED) is 0.589. The van der Waals surface area contributed by atoms with Crippen molar-refractivity contribution in [3.05, 3.63) is 41.2 Å². The molecule has 0 unspecified atom stereocenters. The summed E-state index contributed by atoms with van der Waals surface area (Å²) in [6.07, 6.45) is 0. The maximum absolute atomic E-state index is 8.95. The first-order valence-electron chi connectivity index (χ1n) is 6.67. The van der Waals surface area contributed by atoms with E-state index in [2.05, 4.69) is 26.8 Å². The highest BCUT2D eigenvalue weighted by molar-refractivity contribution is 5.65. The fourth-order valence-electron chi connectivity index (χ4n) is 1.86. The molecule has 1 aromatic heterocycles. The highest BCUT2D eigenvalue weighted by atomic mass is 15.3. The molecule has 108 valence electrons. The van der Waals surface area contributed by atoms with Gasteiger partial charge in [-0.2, -0.15) is 5.26 Å². The van der Waals surface area contributed by atoms with Crippen molar-refractivity contribution in [3.63, 3.8) is 0 Å². The Bertz CT molecular complexity index is 687. The summed E-state index contributed by atoms with van der Waals surface area (Å²) in [7, 11) is 0. The molecule has 0 spiro atoms. The number of anilines is 3. The summed E-state index contributed by atoms with van der Waals surface area (Å²) in [5.41, 5.74) is 4.81. The number of hydrazine groups is 1. The van der Waals surface area contributed by atoms with Gasteiger partial charge in [0.1, 0.15) is 17.5 Å². The molecule has 0 radical (unpaired) electrons. The number of nitrogens with one attached hydrogen (secondary N) is 2. The van der Waals surface area contributed by atoms with Gasteiger partial charge >= 0.3 is 0 Å². The zero-order valence-electron chi connectivity index (χ0n) is 12.3. The van der Waals surface area contributed by atoms with Crippen molar-refractivity contribution in [2.24, 2.45) is 5.84 Å². The summed E-state index contributed by atoms with van der Waals surface area (Å²) in [4.78, 5) is 8.92. The number of nitrogens with zero attached hydrogens (tertiary/aromatic N) is 3. The van der Waals surface area contributed by atoms with Gasteiger partial charge in [0.2, 0.25) is 0 Å². The van der Waals surface area contributed by atoms with E-state index >= 15 is 0 Å². The fourth-order valence-corrected chi connectivity index (χ4v) is 1.86. The predicted octanol–water partition coefficient (Wildman–Crippen LogP) is 2.81. The van der Waals surface area contributed by atoms with E-state index in [0.717, 1.165) is 11.3 Å². The first kappa shape index (κ1) is 14.8. The Morgan fingerprint density at radius 1 is 1.24 bits per heavy atom. The van der Waals surface area contributed by atoms with Crippen LogP contribution in [0, 0.1) is 18.3 Å². The molecule has 0 aliphatic rings. The molecular weight excluding hydrogens is 264 g/mol. The molecule has 0 saturated heterocycles. The summed E-state index contributed by atoms with van der Waals surface area (Å²) in [5.74, 6) is 7.67. The van der Waals surface area contributed by atoms with Crippen LogP contribution in [0.5, 0.6) is 0 Å². The van der Waals surface area contributed by atoms with Gasteiger partial charge in [-0.3, -0.25) is 0 Å². The van der Waals surface area contributed by atoms with E-state index in [1.54, 1.807) is 12.1 Å².